The summed E-state index contributed by atoms with van der Waals surface area (Å²) >= 11 is 0. The van der Waals surface area contributed by atoms with Crippen LogP contribution in [0.3, 0.4) is 0 Å². The highest BCUT2D eigenvalue weighted by Crippen LogP contribution is 2.37. The van der Waals surface area contributed by atoms with Crippen LogP contribution >= 0.6 is 0 Å². The quantitative estimate of drug-likeness (QED) is 0.374. The number of pyridine rings is 1. The summed E-state index contributed by atoms with van der Waals surface area (Å²) in [6.45, 7) is 0.670. The average molecular weight is 497 g/mol. The van der Waals surface area contributed by atoms with E-state index in [-0.39, 0.29) is 39.9 Å². The van der Waals surface area contributed by atoms with E-state index >= 15 is 0 Å². The third-order valence-corrected chi connectivity index (χ3v) is 7.68. The van der Waals surface area contributed by atoms with Gasteiger partial charge in [0.15, 0.2) is 26.8 Å². The molecule has 0 bridgehead atoms. The summed E-state index contributed by atoms with van der Waals surface area (Å²) in [5.41, 5.74) is 1.75. The fourth-order valence-electron chi connectivity index (χ4n) is 4.11. The van der Waals surface area contributed by atoms with Crippen molar-refractivity contribution in [1.29, 1.82) is 0 Å². The number of methoxy groups -OCH3 is 2. The van der Waals surface area contributed by atoms with Crippen molar-refractivity contribution >= 4 is 31.6 Å². The number of aromatic nitrogens is 1. The molecule has 4 rings (SSSR count). The van der Waals surface area contributed by atoms with E-state index in [4.69, 9.17) is 9.47 Å². The molecule has 0 aliphatic rings. The van der Waals surface area contributed by atoms with Crippen molar-refractivity contribution in [2.75, 3.05) is 40.6 Å². The van der Waals surface area contributed by atoms with Crippen LogP contribution in [0.4, 0.5) is 0 Å². The van der Waals surface area contributed by atoms with Gasteiger partial charge in [0.2, 0.25) is 5.75 Å². The number of ether oxygens (including phenoxy) is 2. The summed E-state index contributed by atoms with van der Waals surface area (Å²) in [6, 6.07) is 15.3. The van der Waals surface area contributed by atoms with Crippen molar-refractivity contribution in [3.63, 3.8) is 0 Å². The molecule has 9 heteroatoms. The summed E-state index contributed by atoms with van der Waals surface area (Å²) < 4.78 is 38.6. The number of aromatic hydroxyl groups is 1. The minimum Gasteiger partial charge on any atom is -0.502 e. The van der Waals surface area contributed by atoms with Crippen molar-refractivity contribution in [2.24, 2.45) is 0 Å². The van der Waals surface area contributed by atoms with E-state index in [1.54, 1.807) is 36.4 Å². The molecule has 0 atom stereocenters. The largest absolute Gasteiger partial charge is 0.502 e. The zero-order valence-corrected chi connectivity index (χ0v) is 20.9. The van der Waals surface area contributed by atoms with Gasteiger partial charge in [0, 0.05) is 23.9 Å². The molecule has 1 heterocycles. The Labute approximate surface area is 203 Å². The van der Waals surface area contributed by atoms with E-state index in [2.05, 4.69) is 0 Å². The summed E-state index contributed by atoms with van der Waals surface area (Å²) in [5.74, 6) is 0.361. The molecule has 0 spiro atoms. The maximum absolute atomic E-state index is 13.3. The molecule has 4 aromatic rings. The number of nitrogens with zero attached hydrogens (tertiary/aromatic N) is 2. The van der Waals surface area contributed by atoms with Gasteiger partial charge < -0.3 is 24.0 Å². The van der Waals surface area contributed by atoms with Crippen LogP contribution in [0.5, 0.6) is 17.2 Å². The molecule has 0 fully saturated rings. The molecule has 0 aliphatic heterocycles. The maximum atomic E-state index is 13.3. The van der Waals surface area contributed by atoms with Crippen molar-refractivity contribution in [3.05, 3.63) is 70.4 Å². The number of fused-ring (bicyclic) bond motifs is 2. The topological polar surface area (TPSA) is 98.1 Å². The number of sulfone groups is 1. The lowest BCUT2D eigenvalue weighted by Crippen LogP contribution is -2.22. The van der Waals surface area contributed by atoms with Gasteiger partial charge in [0.05, 0.1) is 35.9 Å². The summed E-state index contributed by atoms with van der Waals surface area (Å²) in [5, 5.41) is 11.3. The van der Waals surface area contributed by atoms with E-state index in [0.29, 0.717) is 28.4 Å². The van der Waals surface area contributed by atoms with Crippen LogP contribution in [0.1, 0.15) is 5.56 Å². The van der Waals surface area contributed by atoms with Gasteiger partial charge in [-0.05, 0) is 62.1 Å². The number of hydrogen-bond donors (Lipinski definition) is 1. The Kier molecular flexibility index (Phi) is 6.73. The van der Waals surface area contributed by atoms with Crippen molar-refractivity contribution < 1.29 is 23.0 Å². The van der Waals surface area contributed by atoms with Crippen LogP contribution < -0.4 is 14.9 Å². The van der Waals surface area contributed by atoms with E-state index in [0.717, 1.165) is 5.56 Å². The van der Waals surface area contributed by atoms with Gasteiger partial charge in [-0.3, -0.25) is 4.79 Å². The number of hydrogen-bond acceptors (Lipinski definition) is 7. The predicted molar refractivity (Wildman–Crippen MR) is 137 cm³/mol. The number of phenolic OH excluding ortho intramolecular Hbond substituents is 1. The van der Waals surface area contributed by atoms with Gasteiger partial charge in [0.1, 0.15) is 0 Å². The highest BCUT2D eigenvalue weighted by molar-refractivity contribution is 7.91. The van der Waals surface area contributed by atoms with Gasteiger partial charge in [-0.15, -0.1) is 0 Å². The minimum atomic E-state index is -3.56. The molecule has 184 valence electrons. The first-order valence-corrected chi connectivity index (χ1v) is 12.7. The molecule has 8 nitrogen and oxygen atoms in total. The number of benzene rings is 3. The van der Waals surface area contributed by atoms with E-state index in [9.17, 15) is 18.3 Å². The predicted octanol–water partition coefficient (Wildman–Crippen LogP) is 3.26. The lowest BCUT2D eigenvalue weighted by atomic mass is 10.1. The lowest BCUT2D eigenvalue weighted by Gasteiger charge is -2.18. The highest BCUT2D eigenvalue weighted by Gasteiger charge is 2.19. The standard InChI is InChI=1S/C26H28N2O6S/c1-27(2)11-12-35(31,32)18-9-10-20-22(15-18)28(21-8-6-5-7-19(21)25(20)29)16-17-13-23(33-3)26(30)24(14-17)34-4/h5-10,13-15,30H,11-12,16H2,1-4H3. The minimum absolute atomic E-state index is 0.0321. The van der Waals surface area contributed by atoms with Crippen LogP contribution in [-0.2, 0) is 16.4 Å². The second-order valence-corrected chi connectivity index (χ2v) is 10.7. The SMILES string of the molecule is COc1cc(Cn2c3ccccc3c(=O)c3ccc(S(=O)(=O)CCN(C)C)cc32)cc(OC)c1O. The molecule has 3 aromatic carbocycles. The van der Waals surface area contributed by atoms with E-state index < -0.39 is 9.84 Å². The number of phenols is 1. The first-order valence-electron chi connectivity index (χ1n) is 11.0. The second-order valence-electron chi connectivity index (χ2n) is 8.58. The molecular weight excluding hydrogens is 468 g/mol. The van der Waals surface area contributed by atoms with Crippen LogP contribution in [0.25, 0.3) is 21.8 Å². The van der Waals surface area contributed by atoms with Gasteiger partial charge in [-0.25, -0.2) is 8.42 Å². The molecule has 35 heavy (non-hydrogen) atoms. The van der Waals surface area contributed by atoms with Gasteiger partial charge in [0.25, 0.3) is 0 Å². The third-order valence-electron chi connectivity index (χ3n) is 5.99. The first-order chi connectivity index (χ1) is 16.7. The molecule has 0 amide bonds. The molecule has 0 radical (unpaired) electrons. The molecule has 0 unspecified atom stereocenters. The number of para-hydroxylation sites is 1. The zero-order chi connectivity index (χ0) is 25.3. The monoisotopic (exact) mass is 496 g/mol. The summed E-state index contributed by atoms with van der Waals surface area (Å²) in [6.07, 6.45) is 0. The third kappa shape index (κ3) is 4.69. The fraction of sp³-hybridized carbons (Fsp3) is 0.269. The Morgan fingerprint density at radius 1 is 0.914 bits per heavy atom. The smallest absolute Gasteiger partial charge is 0.200 e. The first kappa shape index (κ1) is 24.6. The summed E-state index contributed by atoms with van der Waals surface area (Å²) in [4.78, 5) is 15.2. The molecule has 0 saturated heterocycles. The van der Waals surface area contributed by atoms with Crippen LogP contribution in [-0.4, -0.2) is 63.6 Å². The Morgan fingerprint density at radius 2 is 1.54 bits per heavy atom. The number of rotatable bonds is 8. The van der Waals surface area contributed by atoms with Crippen molar-refractivity contribution in [3.8, 4) is 17.2 Å². The maximum Gasteiger partial charge on any atom is 0.200 e. The Hall–Kier alpha value is -3.56. The molecule has 1 N–H and O–H groups in total. The van der Waals surface area contributed by atoms with Gasteiger partial charge >= 0.3 is 0 Å². The molecule has 0 saturated carbocycles. The van der Waals surface area contributed by atoms with E-state index in [1.807, 2.05) is 35.7 Å². The van der Waals surface area contributed by atoms with Crippen LogP contribution in [0.2, 0.25) is 0 Å². The normalized spacial score (nSPS) is 11.9. The zero-order valence-electron chi connectivity index (χ0n) is 20.1. The second kappa shape index (κ2) is 9.59. The molecule has 1 aromatic heterocycles. The molecular formula is C26H28N2O6S. The Morgan fingerprint density at radius 3 is 2.17 bits per heavy atom. The van der Waals surface area contributed by atoms with Crippen molar-refractivity contribution in [2.45, 2.75) is 11.4 Å². The fourth-order valence-corrected chi connectivity index (χ4v) is 5.52. The van der Waals surface area contributed by atoms with Crippen LogP contribution in [0.15, 0.2) is 64.3 Å². The highest BCUT2D eigenvalue weighted by atomic mass is 32.2. The Bertz CT molecular complexity index is 1550. The van der Waals surface area contributed by atoms with E-state index in [1.165, 1.54) is 20.3 Å². The lowest BCUT2D eigenvalue weighted by molar-refractivity contribution is 0.339. The average Bonchev–Trinajstić information content (AvgIpc) is 2.85. The van der Waals surface area contributed by atoms with Gasteiger partial charge in [-0.1, -0.05) is 12.1 Å². The molecule has 0 aliphatic carbocycles. The van der Waals surface area contributed by atoms with Crippen molar-refractivity contribution in [1.82, 2.24) is 9.47 Å². The van der Waals surface area contributed by atoms with Gasteiger partial charge in [-0.2, -0.15) is 0 Å². The summed E-state index contributed by atoms with van der Waals surface area (Å²) in [7, 11) is 2.98. The van der Waals surface area contributed by atoms with Crippen LogP contribution in [0, 0.1) is 0 Å². The Balaban J connectivity index is 1.97.